The van der Waals surface area contributed by atoms with E-state index >= 15 is 0 Å². The van der Waals surface area contributed by atoms with Crippen LogP contribution in [0.25, 0.3) is 0 Å². The standard InChI is InChI=1S/C14H24N4O.ClH/c1-4-12(5-2)18-8-6-13(16-18)14(19)17-9-7-15-11(3)10-17;/h6,8,11-12,15H,4-5,7,9-10H2,1-3H3;1H/t11-;/m1./s1. The van der Waals surface area contributed by atoms with Crippen molar-refractivity contribution in [2.45, 2.75) is 45.7 Å². The number of hydrogen-bond donors (Lipinski definition) is 1. The van der Waals surface area contributed by atoms with E-state index in [9.17, 15) is 4.79 Å². The minimum Gasteiger partial charge on any atom is -0.334 e. The normalized spacial score (nSPS) is 19.0. The number of amides is 1. The molecule has 1 amide bonds. The molecule has 0 spiro atoms. The van der Waals surface area contributed by atoms with Crippen molar-refractivity contribution in [3.63, 3.8) is 0 Å². The molecule has 1 atom stereocenters. The summed E-state index contributed by atoms with van der Waals surface area (Å²) in [7, 11) is 0. The molecule has 0 radical (unpaired) electrons. The monoisotopic (exact) mass is 300 g/mol. The quantitative estimate of drug-likeness (QED) is 0.926. The first kappa shape index (κ1) is 17.0. The fraction of sp³-hybridized carbons (Fsp3) is 0.714. The number of nitrogens with one attached hydrogen (secondary N) is 1. The van der Waals surface area contributed by atoms with Crippen molar-refractivity contribution in [2.75, 3.05) is 19.6 Å². The average molecular weight is 301 g/mol. The maximum Gasteiger partial charge on any atom is 0.274 e. The van der Waals surface area contributed by atoms with E-state index in [1.165, 1.54) is 0 Å². The van der Waals surface area contributed by atoms with Crippen molar-refractivity contribution >= 4 is 18.3 Å². The lowest BCUT2D eigenvalue weighted by Crippen LogP contribution is -2.51. The van der Waals surface area contributed by atoms with E-state index < -0.39 is 0 Å². The second kappa shape index (κ2) is 7.64. The van der Waals surface area contributed by atoms with Crippen molar-refractivity contribution in [3.8, 4) is 0 Å². The molecule has 1 N–H and O–H groups in total. The lowest BCUT2D eigenvalue weighted by molar-refractivity contribution is 0.0701. The van der Waals surface area contributed by atoms with Gasteiger partial charge >= 0.3 is 0 Å². The molecule has 1 aromatic rings. The van der Waals surface area contributed by atoms with Gasteiger partial charge in [-0.05, 0) is 25.8 Å². The van der Waals surface area contributed by atoms with Crippen LogP contribution in [-0.2, 0) is 0 Å². The zero-order valence-corrected chi connectivity index (χ0v) is 13.3. The molecule has 0 unspecified atom stereocenters. The SMILES string of the molecule is CCC(CC)n1ccc(C(=O)N2CCN[C@H](C)C2)n1.Cl. The molecule has 1 aliphatic heterocycles. The molecule has 0 aromatic carbocycles. The molecule has 1 aromatic heterocycles. The third kappa shape index (κ3) is 3.73. The second-order valence-electron chi connectivity index (χ2n) is 5.26. The first-order valence-corrected chi connectivity index (χ1v) is 7.23. The number of rotatable bonds is 4. The van der Waals surface area contributed by atoms with Crippen molar-refractivity contribution in [3.05, 3.63) is 18.0 Å². The fourth-order valence-electron chi connectivity index (χ4n) is 2.60. The molecule has 0 saturated carbocycles. The Morgan fingerprint density at radius 1 is 1.50 bits per heavy atom. The highest BCUT2D eigenvalue weighted by molar-refractivity contribution is 5.92. The summed E-state index contributed by atoms with van der Waals surface area (Å²) in [6.45, 7) is 8.78. The number of hydrogen-bond acceptors (Lipinski definition) is 3. The van der Waals surface area contributed by atoms with Gasteiger partial charge in [-0.3, -0.25) is 9.48 Å². The number of halogens is 1. The molecule has 6 heteroatoms. The maximum atomic E-state index is 12.4. The van der Waals surface area contributed by atoms with Gasteiger partial charge in [0.2, 0.25) is 0 Å². The molecule has 5 nitrogen and oxygen atoms in total. The number of carbonyl (C=O) groups is 1. The van der Waals surface area contributed by atoms with Crippen LogP contribution in [0.15, 0.2) is 12.3 Å². The topological polar surface area (TPSA) is 50.2 Å². The van der Waals surface area contributed by atoms with E-state index in [2.05, 4.69) is 31.2 Å². The van der Waals surface area contributed by atoms with Crippen LogP contribution in [0.3, 0.4) is 0 Å². The van der Waals surface area contributed by atoms with Gasteiger partial charge in [0.25, 0.3) is 5.91 Å². The van der Waals surface area contributed by atoms with E-state index in [1.54, 1.807) is 0 Å². The van der Waals surface area contributed by atoms with E-state index in [-0.39, 0.29) is 18.3 Å². The third-order valence-electron chi connectivity index (χ3n) is 3.80. The van der Waals surface area contributed by atoms with Gasteiger partial charge in [-0.2, -0.15) is 5.10 Å². The first-order chi connectivity index (χ1) is 9.15. The Kier molecular flexibility index (Phi) is 6.49. The van der Waals surface area contributed by atoms with Crippen LogP contribution in [0.2, 0.25) is 0 Å². The minimum absolute atomic E-state index is 0. The summed E-state index contributed by atoms with van der Waals surface area (Å²) in [5, 5.41) is 7.80. The van der Waals surface area contributed by atoms with Gasteiger partial charge in [0, 0.05) is 31.9 Å². The summed E-state index contributed by atoms with van der Waals surface area (Å²) in [5.74, 6) is 0.0538. The third-order valence-corrected chi connectivity index (χ3v) is 3.80. The van der Waals surface area contributed by atoms with Crippen LogP contribution in [0.5, 0.6) is 0 Å². The van der Waals surface area contributed by atoms with Gasteiger partial charge < -0.3 is 10.2 Å². The zero-order valence-electron chi connectivity index (χ0n) is 12.5. The molecule has 1 aliphatic rings. The van der Waals surface area contributed by atoms with Crippen molar-refractivity contribution < 1.29 is 4.79 Å². The average Bonchev–Trinajstić information content (AvgIpc) is 2.89. The fourth-order valence-corrected chi connectivity index (χ4v) is 2.60. The molecule has 2 heterocycles. The summed E-state index contributed by atoms with van der Waals surface area (Å²) < 4.78 is 1.93. The lowest BCUT2D eigenvalue weighted by atomic mass is 10.2. The summed E-state index contributed by atoms with van der Waals surface area (Å²) in [6, 6.07) is 2.59. The number of piperazine rings is 1. The van der Waals surface area contributed by atoms with Gasteiger partial charge in [-0.25, -0.2) is 0 Å². The van der Waals surface area contributed by atoms with E-state index in [1.807, 2.05) is 21.8 Å². The van der Waals surface area contributed by atoms with Crippen LogP contribution in [0, 0.1) is 0 Å². The van der Waals surface area contributed by atoms with Crippen molar-refractivity contribution in [1.29, 1.82) is 0 Å². The maximum absolute atomic E-state index is 12.4. The summed E-state index contributed by atoms with van der Waals surface area (Å²) in [5.41, 5.74) is 0.570. The van der Waals surface area contributed by atoms with Gasteiger partial charge in [0.1, 0.15) is 5.69 Å². The number of nitrogens with zero attached hydrogens (tertiary/aromatic N) is 3. The Labute approximate surface area is 127 Å². The smallest absolute Gasteiger partial charge is 0.274 e. The van der Waals surface area contributed by atoms with E-state index in [0.717, 1.165) is 32.5 Å². The van der Waals surface area contributed by atoms with Gasteiger partial charge in [0.15, 0.2) is 0 Å². The van der Waals surface area contributed by atoms with E-state index in [0.29, 0.717) is 17.8 Å². The zero-order chi connectivity index (χ0) is 13.8. The highest BCUT2D eigenvalue weighted by Crippen LogP contribution is 2.15. The molecular weight excluding hydrogens is 276 g/mol. The van der Waals surface area contributed by atoms with Crippen molar-refractivity contribution in [1.82, 2.24) is 20.0 Å². The largest absolute Gasteiger partial charge is 0.334 e. The predicted molar refractivity (Wildman–Crippen MR) is 82.5 cm³/mol. The molecule has 0 aliphatic carbocycles. The first-order valence-electron chi connectivity index (χ1n) is 7.23. The molecule has 1 saturated heterocycles. The highest BCUT2D eigenvalue weighted by Gasteiger charge is 2.23. The van der Waals surface area contributed by atoms with Gasteiger partial charge in [-0.15, -0.1) is 12.4 Å². The Balaban J connectivity index is 0.00000200. The number of aromatic nitrogens is 2. The van der Waals surface area contributed by atoms with Crippen LogP contribution >= 0.6 is 12.4 Å². The van der Waals surface area contributed by atoms with Crippen LogP contribution in [0.1, 0.15) is 50.1 Å². The van der Waals surface area contributed by atoms with Crippen molar-refractivity contribution in [2.24, 2.45) is 0 Å². The Morgan fingerprint density at radius 2 is 2.20 bits per heavy atom. The Morgan fingerprint density at radius 3 is 2.80 bits per heavy atom. The van der Waals surface area contributed by atoms with Gasteiger partial charge in [0.05, 0.1) is 6.04 Å². The molecular formula is C14H25ClN4O. The predicted octanol–water partition coefficient (Wildman–Crippen LogP) is 2.10. The highest BCUT2D eigenvalue weighted by atomic mass is 35.5. The Hall–Kier alpha value is -1.07. The molecule has 2 rings (SSSR count). The van der Waals surface area contributed by atoms with Gasteiger partial charge in [-0.1, -0.05) is 13.8 Å². The molecule has 0 bridgehead atoms. The van der Waals surface area contributed by atoms with E-state index in [4.69, 9.17) is 0 Å². The minimum atomic E-state index is 0. The molecule has 1 fully saturated rings. The Bertz CT molecular complexity index is 431. The summed E-state index contributed by atoms with van der Waals surface area (Å²) >= 11 is 0. The van der Waals surface area contributed by atoms with Crippen LogP contribution in [-0.4, -0.2) is 46.3 Å². The second-order valence-corrected chi connectivity index (χ2v) is 5.26. The molecule has 20 heavy (non-hydrogen) atoms. The number of carbonyl (C=O) groups excluding carboxylic acids is 1. The van der Waals surface area contributed by atoms with Crippen LogP contribution in [0.4, 0.5) is 0 Å². The summed E-state index contributed by atoms with van der Waals surface area (Å²) in [4.78, 5) is 14.3. The summed E-state index contributed by atoms with van der Waals surface area (Å²) in [6.07, 6.45) is 4.00. The molecule has 114 valence electrons. The lowest BCUT2D eigenvalue weighted by Gasteiger charge is -2.31. The van der Waals surface area contributed by atoms with Crippen LogP contribution < -0.4 is 5.32 Å².